The van der Waals surface area contributed by atoms with Gasteiger partial charge in [0, 0.05) is 18.3 Å². The average molecular weight is 556 g/mol. The molecular formula is C25H26ClN7O4S. The Morgan fingerprint density at radius 2 is 1.87 bits per heavy atom. The van der Waals surface area contributed by atoms with Crippen LogP contribution in [-0.4, -0.2) is 45.3 Å². The molecule has 0 radical (unpaired) electrons. The fourth-order valence-corrected chi connectivity index (χ4v) is 4.49. The van der Waals surface area contributed by atoms with Gasteiger partial charge in [-0.3, -0.25) is 9.35 Å². The van der Waals surface area contributed by atoms with Crippen molar-refractivity contribution in [3.8, 4) is 5.75 Å². The Bertz CT molecular complexity index is 1500. The van der Waals surface area contributed by atoms with E-state index in [1.54, 1.807) is 61.6 Å². The van der Waals surface area contributed by atoms with Gasteiger partial charge < -0.3 is 26.4 Å². The summed E-state index contributed by atoms with van der Waals surface area (Å²) in [5, 5.41) is 9.03. The first kappa shape index (κ1) is 27.2. The van der Waals surface area contributed by atoms with E-state index >= 15 is 0 Å². The Morgan fingerprint density at radius 1 is 1.13 bits per heavy atom. The molecule has 38 heavy (non-hydrogen) atoms. The van der Waals surface area contributed by atoms with E-state index in [1.165, 1.54) is 7.11 Å². The standard InChI is InChI=1S/C25H26ClN7O4S/c1-28-14-23(34)29-16-8-7-15(13-27)22(11-16)33(38(35)36)25-24(30-19-5-3-4-6-20(19)32-25)31-21-12-17(37-2)9-10-18(21)26/h3-12,28H,13-14,27H2,1-2H3,(H,29,34)(H,30,31)(H,35,36). The minimum absolute atomic E-state index is 0.0387. The topological polar surface area (TPSA) is 155 Å². The molecule has 1 atom stereocenters. The van der Waals surface area contributed by atoms with Crippen molar-refractivity contribution in [1.82, 2.24) is 15.3 Å². The second-order valence-electron chi connectivity index (χ2n) is 8.01. The largest absolute Gasteiger partial charge is 0.497 e. The van der Waals surface area contributed by atoms with Crippen LogP contribution in [0.2, 0.25) is 5.02 Å². The smallest absolute Gasteiger partial charge is 0.268 e. The molecule has 0 aliphatic heterocycles. The number of aromatic nitrogens is 2. The molecular weight excluding hydrogens is 530 g/mol. The molecule has 11 nitrogen and oxygen atoms in total. The number of fused-ring (bicyclic) bond motifs is 1. The van der Waals surface area contributed by atoms with Gasteiger partial charge in [0.05, 0.1) is 41.1 Å². The summed E-state index contributed by atoms with van der Waals surface area (Å²) >= 11 is 3.81. The molecule has 0 bridgehead atoms. The lowest BCUT2D eigenvalue weighted by atomic mass is 10.1. The number of methoxy groups -OCH3 is 1. The van der Waals surface area contributed by atoms with Crippen molar-refractivity contribution in [3.05, 3.63) is 71.2 Å². The van der Waals surface area contributed by atoms with Crippen LogP contribution in [0.25, 0.3) is 11.0 Å². The fourth-order valence-electron chi connectivity index (χ4n) is 3.71. The Labute approximate surface area is 226 Å². The number of anilines is 5. The van der Waals surface area contributed by atoms with Gasteiger partial charge in [-0.25, -0.2) is 18.5 Å². The van der Waals surface area contributed by atoms with Gasteiger partial charge in [-0.2, -0.15) is 0 Å². The summed E-state index contributed by atoms with van der Waals surface area (Å²) < 4.78 is 29.8. The molecule has 1 heterocycles. The summed E-state index contributed by atoms with van der Waals surface area (Å²) in [5.41, 5.74) is 8.69. The van der Waals surface area contributed by atoms with Crippen LogP contribution in [0.15, 0.2) is 60.7 Å². The number of carbonyl (C=O) groups is 1. The van der Waals surface area contributed by atoms with E-state index in [4.69, 9.17) is 22.1 Å². The van der Waals surface area contributed by atoms with Crippen molar-refractivity contribution in [2.45, 2.75) is 6.54 Å². The number of amides is 1. The monoisotopic (exact) mass is 555 g/mol. The molecule has 1 unspecified atom stereocenters. The lowest BCUT2D eigenvalue weighted by Gasteiger charge is -2.25. The van der Waals surface area contributed by atoms with Crippen molar-refractivity contribution >= 4 is 68.5 Å². The Balaban J connectivity index is 1.90. The number of carbonyl (C=O) groups excluding carboxylic acids is 1. The van der Waals surface area contributed by atoms with Gasteiger partial charge in [-0.1, -0.05) is 29.8 Å². The summed E-state index contributed by atoms with van der Waals surface area (Å²) in [7, 11) is 3.18. The van der Waals surface area contributed by atoms with Gasteiger partial charge in [-0.05, 0) is 49.0 Å². The first-order valence-corrected chi connectivity index (χ1v) is 12.8. The van der Waals surface area contributed by atoms with Crippen molar-refractivity contribution in [2.24, 2.45) is 5.73 Å². The molecule has 0 saturated heterocycles. The molecule has 0 fully saturated rings. The number of nitrogens with two attached hydrogens (primary N) is 1. The van der Waals surface area contributed by atoms with Crippen LogP contribution in [0.1, 0.15) is 5.56 Å². The van der Waals surface area contributed by atoms with Crippen LogP contribution < -0.4 is 30.7 Å². The summed E-state index contributed by atoms with van der Waals surface area (Å²) in [6, 6.07) is 17.0. The van der Waals surface area contributed by atoms with Gasteiger partial charge in [0.1, 0.15) is 5.75 Å². The van der Waals surface area contributed by atoms with Crippen molar-refractivity contribution in [2.75, 3.05) is 35.6 Å². The molecule has 198 valence electrons. The number of benzene rings is 3. The molecule has 0 saturated carbocycles. The van der Waals surface area contributed by atoms with Gasteiger partial charge >= 0.3 is 0 Å². The number of hydrogen-bond donors (Lipinski definition) is 5. The summed E-state index contributed by atoms with van der Waals surface area (Å²) in [4.78, 5) is 21.5. The minimum atomic E-state index is -2.61. The number of nitrogens with one attached hydrogen (secondary N) is 3. The van der Waals surface area contributed by atoms with Gasteiger partial charge in [-0.15, -0.1) is 0 Å². The number of halogens is 1. The Kier molecular flexibility index (Phi) is 8.71. The highest BCUT2D eigenvalue weighted by Gasteiger charge is 2.26. The molecule has 13 heteroatoms. The first-order valence-electron chi connectivity index (χ1n) is 11.4. The third-order valence-corrected chi connectivity index (χ3v) is 6.48. The SMILES string of the molecule is CNCC(=O)Nc1ccc(CN)c(N(c2nc3ccccc3nc2Nc2cc(OC)ccc2Cl)S(=O)O)c1. The second kappa shape index (κ2) is 12.2. The number of hydrogen-bond acceptors (Lipinski definition) is 8. The van der Waals surface area contributed by atoms with Gasteiger partial charge in [0.2, 0.25) is 5.91 Å². The summed E-state index contributed by atoms with van der Waals surface area (Å²) in [6.07, 6.45) is 0. The van der Waals surface area contributed by atoms with Crippen LogP contribution in [0.5, 0.6) is 5.75 Å². The zero-order valence-corrected chi connectivity index (χ0v) is 22.1. The number of nitrogens with zero attached hydrogens (tertiary/aromatic N) is 3. The van der Waals surface area contributed by atoms with E-state index in [1.807, 2.05) is 6.07 Å². The highest BCUT2D eigenvalue weighted by atomic mass is 35.5. The molecule has 0 aliphatic carbocycles. The highest BCUT2D eigenvalue weighted by Crippen LogP contribution is 2.38. The van der Waals surface area contributed by atoms with Crippen LogP contribution in [0.3, 0.4) is 0 Å². The zero-order valence-electron chi connectivity index (χ0n) is 20.6. The van der Waals surface area contributed by atoms with Gasteiger partial charge in [0.25, 0.3) is 11.3 Å². The molecule has 4 rings (SSSR count). The molecule has 3 aromatic carbocycles. The van der Waals surface area contributed by atoms with Crippen LogP contribution >= 0.6 is 11.6 Å². The van der Waals surface area contributed by atoms with E-state index in [2.05, 4.69) is 25.9 Å². The van der Waals surface area contributed by atoms with E-state index in [-0.39, 0.29) is 36.3 Å². The van der Waals surface area contributed by atoms with E-state index in [0.29, 0.717) is 38.7 Å². The number of para-hydroxylation sites is 2. The first-order chi connectivity index (χ1) is 18.3. The number of rotatable bonds is 10. The fraction of sp³-hybridized carbons (Fsp3) is 0.160. The maximum absolute atomic E-state index is 12.9. The third kappa shape index (κ3) is 6.01. The molecule has 0 spiro atoms. The molecule has 4 aromatic rings. The predicted octanol–water partition coefficient (Wildman–Crippen LogP) is 3.93. The summed E-state index contributed by atoms with van der Waals surface area (Å²) in [5.74, 6) is 0.465. The second-order valence-corrected chi connectivity index (χ2v) is 9.24. The van der Waals surface area contributed by atoms with Crippen LogP contribution in [0.4, 0.5) is 28.7 Å². The lowest BCUT2D eigenvalue weighted by Crippen LogP contribution is -2.26. The highest BCUT2D eigenvalue weighted by molar-refractivity contribution is 7.81. The quantitative estimate of drug-likeness (QED) is 0.183. The van der Waals surface area contributed by atoms with Gasteiger partial charge in [0.15, 0.2) is 11.6 Å². The maximum Gasteiger partial charge on any atom is 0.268 e. The van der Waals surface area contributed by atoms with Crippen LogP contribution in [0, 0.1) is 0 Å². The minimum Gasteiger partial charge on any atom is -0.497 e. The number of likely N-dealkylation sites (N-methyl/N-ethyl adjacent to an activating group) is 1. The predicted molar refractivity (Wildman–Crippen MR) is 151 cm³/mol. The molecule has 1 amide bonds. The lowest BCUT2D eigenvalue weighted by molar-refractivity contribution is -0.115. The Morgan fingerprint density at radius 3 is 2.53 bits per heavy atom. The normalized spacial score (nSPS) is 11.7. The van der Waals surface area contributed by atoms with E-state index in [9.17, 15) is 13.6 Å². The molecule has 1 aromatic heterocycles. The van der Waals surface area contributed by atoms with Crippen molar-refractivity contribution in [3.63, 3.8) is 0 Å². The van der Waals surface area contributed by atoms with E-state index in [0.717, 1.165) is 4.31 Å². The van der Waals surface area contributed by atoms with Crippen molar-refractivity contribution < 1.29 is 18.3 Å². The average Bonchev–Trinajstić information content (AvgIpc) is 2.90. The maximum atomic E-state index is 12.9. The third-order valence-electron chi connectivity index (χ3n) is 5.47. The summed E-state index contributed by atoms with van der Waals surface area (Å²) in [6.45, 7) is 0.147. The molecule has 0 aliphatic rings. The van der Waals surface area contributed by atoms with Crippen molar-refractivity contribution in [1.29, 1.82) is 0 Å². The van der Waals surface area contributed by atoms with E-state index < -0.39 is 11.3 Å². The zero-order chi connectivity index (χ0) is 27.2. The number of ether oxygens (including phenoxy) is 1. The van der Waals surface area contributed by atoms with Crippen LogP contribution in [-0.2, 0) is 22.6 Å². The Hall–Kier alpha value is -3.81. The molecule has 6 N–H and O–H groups in total.